The van der Waals surface area contributed by atoms with Gasteiger partial charge in [0.15, 0.2) is 17.2 Å². The molecule has 0 bridgehead atoms. The average Bonchev–Trinajstić information content (AvgIpc) is 3.62. The van der Waals surface area contributed by atoms with Gasteiger partial charge < -0.3 is 21.3 Å². The van der Waals surface area contributed by atoms with Gasteiger partial charge in [-0.2, -0.15) is 18.3 Å². The smallest absolute Gasteiger partial charge is 0.355 e. The van der Waals surface area contributed by atoms with Crippen molar-refractivity contribution in [3.8, 4) is 11.3 Å². The highest BCUT2D eigenvalue weighted by Crippen LogP contribution is 2.37. The quantitative estimate of drug-likeness (QED) is 0.158. The van der Waals surface area contributed by atoms with Gasteiger partial charge in [0, 0.05) is 57.0 Å². The van der Waals surface area contributed by atoms with Crippen LogP contribution < -0.4 is 16.4 Å². The van der Waals surface area contributed by atoms with E-state index < -0.39 is 30.4 Å². The van der Waals surface area contributed by atoms with Crippen molar-refractivity contribution in [2.75, 3.05) is 51.1 Å². The Hall–Kier alpha value is -4.35. The fraction of sp³-hybridized carbons (Fsp3) is 0.414. The van der Waals surface area contributed by atoms with E-state index in [9.17, 15) is 31.5 Å². The molecule has 18 heteroatoms. The lowest BCUT2D eigenvalue weighted by Gasteiger charge is -2.34. The van der Waals surface area contributed by atoms with Crippen molar-refractivity contribution in [2.45, 2.75) is 33.0 Å². The van der Waals surface area contributed by atoms with Crippen LogP contribution in [0.3, 0.4) is 0 Å². The molecular weight excluding hydrogens is 651 g/mol. The summed E-state index contributed by atoms with van der Waals surface area (Å²) in [5.41, 5.74) is 4.52. The van der Waals surface area contributed by atoms with Crippen LogP contribution in [0.1, 0.15) is 29.9 Å². The molecule has 12 nitrogen and oxygen atoms in total. The Bertz CT molecular complexity index is 1700. The van der Waals surface area contributed by atoms with E-state index in [1.54, 1.807) is 17.0 Å². The van der Waals surface area contributed by atoms with E-state index >= 15 is 0 Å². The number of hydrogen-bond acceptors (Lipinski definition) is 8. The van der Waals surface area contributed by atoms with Gasteiger partial charge in [-0.25, -0.2) is 18.7 Å². The van der Waals surface area contributed by atoms with Crippen molar-refractivity contribution < 1.29 is 31.5 Å². The SMILES string of the molecule is C.NCCCNC(=O)CN1CCN(C(=O)c2ccc(Nc3nccn4c(-c5cn(CC(F)F)nc5C(F)(F)F)cnc34)cc2Cl)CC1. The fourth-order valence-corrected chi connectivity index (χ4v) is 5.29. The summed E-state index contributed by atoms with van der Waals surface area (Å²) >= 11 is 6.50. The summed E-state index contributed by atoms with van der Waals surface area (Å²) in [6.07, 6.45) is -2.30. The number of nitrogens with one attached hydrogen (secondary N) is 2. The molecule has 3 aromatic heterocycles. The lowest BCUT2D eigenvalue weighted by atomic mass is 10.1. The maximum Gasteiger partial charge on any atom is 0.435 e. The number of nitrogens with zero attached hydrogens (tertiary/aromatic N) is 7. The minimum atomic E-state index is -4.90. The van der Waals surface area contributed by atoms with Crippen LogP contribution >= 0.6 is 11.6 Å². The molecule has 47 heavy (non-hydrogen) atoms. The zero-order valence-corrected chi connectivity index (χ0v) is 25.0. The van der Waals surface area contributed by atoms with Crippen LogP contribution in [0, 0.1) is 0 Å². The highest BCUT2D eigenvalue weighted by molar-refractivity contribution is 6.34. The van der Waals surface area contributed by atoms with Crippen molar-refractivity contribution in [2.24, 2.45) is 5.73 Å². The number of alkyl halides is 5. The van der Waals surface area contributed by atoms with E-state index in [0.717, 1.165) is 6.20 Å². The molecule has 1 fully saturated rings. The van der Waals surface area contributed by atoms with E-state index in [4.69, 9.17) is 17.3 Å². The van der Waals surface area contributed by atoms with E-state index in [2.05, 4.69) is 25.7 Å². The van der Waals surface area contributed by atoms with Crippen molar-refractivity contribution >= 4 is 40.6 Å². The van der Waals surface area contributed by atoms with Gasteiger partial charge in [-0.3, -0.25) is 23.6 Å². The molecule has 0 aliphatic carbocycles. The molecular formula is C29H34ClF5N10O2. The predicted molar refractivity (Wildman–Crippen MR) is 166 cm³/mol. The van der Waals surface area contributed by atoms with Crippen molar-refractivity contribution in [1.29, 1.82) is 0 Å². The lowest BCUT2D eigenvalue weighted by Crippen LogP contribution is -2.51. The number of hydrogen-bond donors (Lipinski definition) is 3. The number of rotatable bonds is 11. The van der Waals surface area contributed by atoms with Gasteiger partial charge in [-0.05, 0) is 31.2 Å². The molecule has 1 aliphatic rings. The molecule has 4 heterocycles. The summed E-state index contributed by atoms with van der Waals surface area (Å²) in [5, 5.41) is 9.33. The first kappa shape index (κ1) is 35.5. The Morgan fingerprint density at radius 2 is 1.85 bits per heavy atom. The molecule has 1 aromatic carbocycles. The molecule has 2 amide bonds. The number of fused-ring (bicyclic) bond motifs is 1. The Morgan fingerprint density at radius 3 is 2.51 bits per heavy atom. The van der Waals surface area contributed by atoms with Crippen LogP contribution in [0.4, 0.5) is 33.5 Å². The molecule has 0 unspecified atom stereocenters. The fourth-order valence-electron chi connectivity index (χ4n) is 5.03. The Morgan fingerprint density at radius 1 is 1.11 bits per heavy atom. The molecule has 4 aromatic rings. The molecule has 0 saturated carbocycles. The van der Waals surface area contributed by atoms with Gasteiger partial charge in [0.2, 0.25) is 5.91 Å². The van der Waals surface area contributed by atoms with Gasteiger partial charge in [0.1, 0.15) is 6.54 Å². The highest BCUT2D eigenvalue weighted by atomic mass is 35.5. The summed E-state index contributed by atoms with van der Waals surface area (Å²) in [5.74, 6) is -0.196. The predicted octanol–water partition coefficient (Wildman–Crippen LogP) is 4.13. The Kier molecular flexibility index (Phi) is 11.4. The standard InChI is InChI=1S/C28H30ClF5N10O2.CH4/c29-20-12-17(2-3-18(20)27(46)42-10-8-41(9-11-42)16-23(45)36-5-1-4-35)39-25-26-38-13-21(44(26)7-6-37-25)19-14-43(15-22(30)31)40-24(19)28(32,33)34;/h2-3,6-7,12-14,22H,1,4-5,8-11,15-16,35H2,(H,36,45)(H,37,39);1H4. The first-order chi connectivity index (χ1) is 21.9. The number of imidazole rings is 1. The highest BCUT2D eigenvalue weighted by Gasteiger charge is 2.38. The molecule has 0 radical (unpaired) electrons. The van der Waals surface area contributed by atoms with Crippen LogP contribution in [0.15, 0.2) is 43.0 Å². The number of aromatic nitrogens is 5. The monoisotopic (exact) mass is 684 g/mol. The molecule has 4 N–H and O–H groups in total. The minimum absolute atomic E-state index is 0. The number of piperazine rings is 1. The van der Waals surface area contributed by atoms with E-state index in [-0.39, 0.29) is 53.5 Å². The second-order valence-corrected chi connectivity index (χ2v) is 10.9. The Labute approximate surface area is 271 Å². The molecule has 1 aliphatic heterocycles. The number of anilines is 2. The molecule has 1 saturated heterocycles. The number of carbonyl (C=O) groups excluding carboxylic acids is 2. The van der Waals surface area contributed by atoms with Gasteiger partial charge in [0.25, 0.3) is 12.3 Å². The van der Waals surface area contributed by atoms with Gasteiger partial charge in [-0.15, -0.1) is 0 Å². The van der Waals surface area contributed by atoms with Gasteiger partial charge in [-0.1, -0.05) is 19.0 Å². The van der Waals surface area contributed by atoms with E-state index in [1.807, 2.05) is 4.90 Å². The third-order valence-corrected chi connectivity index (χ3v) is 7.56. The Balaban J connectivity index is 0.00000500. The van der Waals surface area contributed by atoms with Crippen molar-refractivity contribution in [3.63, 3.8) is 0 Å². The first-order valence-corrected chi connectivity index (χ1v) is 14.6. The summed E-state index contributed by atoms with van der Waals surface area (Å²) in [7, 11) is 0. The van der Waals surface area contributed by atoms with Gasteiger partial charge >= 0.3 is 6.18 Å². The number of carbonyl (C=O) groups is 2. The van der Waals surface area contributed by atoms with Crippen molar-refractivity contribution in [3.05, 3.63) is 59.3 Å². The molecule has 0 atom stereocenters. The van der Waals surface area contributed by atoms with Crippen LogP contribution in [-0.2, 0) is 17.5 Å². The van der Waals surface area contributed by atoms with Crippen LogP contribution in [0.5, 0.6) is 0 Å². The molecule has 0 spiro atoms. The summed E-state index contributed by atoms with van der Waals surface area (Å²) in [6, 6.07) is 4.67. The zero-order valence-electron chi connectivity index (χ0n) is 24.3. The largest absolute Gasteiger partial charge is 0.435 e. The van der Waals surface area contributed by atoms with Crippen LogP contribution in [0.25, 0.3) is 16.9 Å². The van der Waals surface area contributed by atoms with E-state index in [1.165, 1.54) is 29.1 Å². The number of nitrogens with two attached hydrogens (primary N) is 1. The van der Waals surface area contributed by atoms with E-state index in [0.29, 0.717) is 56.1 Å². The van der Waals surface area contributed by atoms with Gasteiger partial charge in [0.05, 0.1) is 34.6 Å². The summed E-state index contributed by atoms with van der Waals surface area (Å²) in [4.78, 5) is 37.4. The maximum atomic E-state index is 13.7. The number of halogens is 6. The third kappa shape index (κ3) is 8.33. The topological polar surface area (TPSA) is 139 Å². The average molecular weight is 685 g/mol. The lowest BCUT2D eigenvalue weighted by molar-refractivity contribution is -0.141. The summed E-state index contributed by atoms with van der Waals surface area (Å²) in [6.45, 7) is 2.12. The second kappa shape index (κ2) is 15.0. The third-order valence-electron chi connectivity index (χ3n) is 7.25. The number of amides is 2. The molecule has 5 rings (SSSR count). The zero-order chi connectivity index (χ0) is 33.0. The van der Waals surface area contributed by atoms with Crippen molar-refractivity contribution in [1.82, 2.24) is 39.3 Å². The maximum absolute atomic E-state index is 13.7. The molecule has 254 valence electrons. The number of benzene rings is 1. The minimum Gasteiger partial charge on any atom is -0.355 e. The summed E-state index contributed by atoms with van der Waals surface area (Å²) < 4.78 is 68.8. The normalized spacial score (nSPS) is 14.0. The van der Waals surface area contributed by atoms with Crippen LogP contribution in [0.2, 0.25) is 5.02 Å². The van der Waals surface area contributed by atoms with Crippen LogP contribution in [-0.4, -0.2) is 98.0 Å². The second-order valence-electron chi connectivity index (χ2n) is 10.5. The first-order valence-electron chi connectivity index (χ1n) is 14.2.